The quantitative estimate of drug-likeness (QED) is 0.921. The number of rotatable bonds is 3. The number of aryl methyl sites for hydroxylation is 1. The fourth-order valence-corrected chi connectivity index (χ4v) is 1.71. The number of carbonyl (C=O) groups is 1. The number of pyridine rings is 1. The molecule has 1 N–H and O–H groups in total. The highest BCUT2D eigenvalue weighted by molar-refractivity contribution is 6.30. The molecule has 2 rings (SSSR count). The zero-order valence-electron chi connectivity index (χ0n) is 9.98. The Labute approximate surface area is 111 Å². The van der Waals surface area contributed by atoms with Gasteiger partial charge in [0, 0.05) is 11.2 Å². The molecule has 0 aliphatic heterocycles. The zero-order valence-corrected chi connectivity index (χ0v) is 10.7. The summed E-state index contributed by atoms with van der Waals surface area (Å²) >= 11 is 5.81. The molecule has 0 unspecified atom stereocenters. The van der Waals surface area contributed by atoms with Crippen LogP contribution in [0.25, 0.3) is 0 Å². The predicted octanol–water partition coefficient (Wildman–Crippen LogP) is 3.22. The highest BCUT2D eigenvalue weighted by atomic mass is 35.5. The molecule has 0 atom stereocenters. The Morgan fingerprint density at radius 3 is 2.67 bits per heavy atom. The number of nitrogens with one attached hydrogen (secondary N) is 1. The first-order chi connectivity index (χ1) is 8.63. The van der Waals surface area contributed by atoms with Crippen molar-refractivity contribution in [3.63, 3.8) is 0 Å². The standard InChI is InChI=1S/C14H13ClN2O/c1-10-2-4-11(5-3-10)8-14(18)17-13-9-12(15)6-7-16-13/h2-7,9H,8H2,1H3,(H,16,17,18). The topological polar surface area (TPSA) is 42.0 Å². The molecule has 4 heteroatoms. The molecule has 1 heterocycles. The molecule has 1 aromatic heterocycles. The summed E-state index contributed by atoms with van der Waals surface area (Å²) in [6.07, 6.45) is 1.89. The van der Waals surface area contributed by atoms with Gasteiger partial charge in [0.05, 0.1) is 6.42 Å². The van der Waals surface area contributed by atoms with E-state index in [0.717, 1.165) is 5.56 Å². The van der Waals surface area contributed by atoms with Crippen LogP contribution in [0.1, 0.15) is 11.1 Å². The van der Waals surface area contributed by atoms with Crippen LogP contribution in [0.4, 0.5) is 5.82 Å². The Morgan fingerprint density at radius 1 is 1.28 bits per heavy atom. The summed E-state index contributed by atoms with van der Waals surface area (Å²) < 4.78 is 0. The van der Waals surface area contributed by atoms with Crippen molar-refractivity contribution in [3.05, 3.63) is 58.7 Å². The fraction of sp³-hybridized carbons (Fsp3) is 0.143. The number of halogens is 1. The second-order valence-electron chi connectivity index (χ2n) is 4.07. The van der Waals surface area contributed by atoms with E-state index in [0.29, 0.717) is 17.3 Å². The van der Waals surface area contributed by atoms with Gasteiger partial charge in [0.25, 0.3) is 0 Å². The molecule has 2 aromatic rings. The van der Waals surface area contributed by atoms with Crippen LogP contribution in [0.3, 0.4) is 0 Å². The molecule has 0 aliphatic carbocycles. The van der Waals surface area contributed by atoms with E-state index in [2.05, 4.69) is 10.3 Å². The number of amides is 1. The number of carbonyl (C=O) groups excluding carboxylic acids is 1. The van der Waals surface area contributed by atoms with Crippen molar-refractivity contribution in [2.75, 3.05) is 5.32 Å². The maximum atomic E-state index is 11.8. The van der Waals surface area contributed by atoms with Crippen molar-refractivity contribution in [1.82, 2.24) is 4.98 Å². The van der Waals surface area contributed by atoms with Crippen LogP contribution >= 0.6 is 11.6 Å². The highest BCUT2D eigenvalue weighted by Gasteiger charge is 2.05. The van der Waals surface area contributed by atoms with E-state index in [1.165, 1.54) is 5.56 Å². The Hall–Kier alpha value is -1.87. The molecule has 18 heavy (non-hydrogen) atoms. The third-order valence-corrected chi connectivity index (χ3v) is 2.71. The normalized spacial score (nSPS) is 10.1. The van der Waals surface area contributed by atoms with Crippen molar-refractivity contribution in [3.8, 4) is 0 Å². The largest absolute Gasteiger partial charge is 0.310 e. The monoisotopic (exact) mass is 260 g/mol. The van der Waals surface area contributed by atoms with Gasteiger partial charge in [-0.1, -0.05) is 41.4 Å². The van der Waals surface area contributed by atoms with E-state index in [1.54, 1.807) is 18.3 Å². The summed E-state index contributed by atoms with van der Waals surface area (Å²) in [4.78, 5) is 15.8. The average Bonchev–Trinajstić information content (AvgIpc) is 2.32. The number of aromatic nitrogens is 1. The van der Waals surface area contributed by atoms with Gasteiger partial charge in [0.1, 0.15) is 5.82 Å². The van der Waals surface area contributed by atoms with Crippen LogP contribution in [0.5, 0.6) is 0 Å². The summed E-state index contributed by atoms with van der Waals surface area (Å²) in [5, 5.41) is 3.26. The molecule has 3 nitrogen and oxygen atoms in total. The number of hydrogen-bond acceptors (Lipinski definition) is 2. The fourth-order valence-electron chi connectivity index (χ4n) is 1.55. The summed E-state index contributed by atoms with van der Waals surface area (Å²) in [5.74, 6) is 0.369. The lowest BCUT2D eigenvalue weighted by molar-refractivity contribution is -0.115. The Morgan fingerprint density at radius 2 is 2.00 bits per heavy atom. The number of benzene rings is 1. The van der Waals surface area contributed by atoms with E-state index in [4.69, 9.17) is 11.6 Å². The molecular weight excluding hydrogens is 248 g/mol. The lowest BCUT2D eigenvalue weighted by Gasteiger charge is -2.05. The number of hydrogen-bond donors (Lipinski definition) is 1. The van der Waals surface area contributed by atoms with Crippen molar-refractivity contribution in [2.45, 2.75) is 13.3 Å². The van der Waals surface area contributed by atoms with Gasteiger partial charge < -0.3 is 5.32 Å². The molecular formula is C14H13ClN2O. The van der Waals surface area contributed by atoms with Gasteiger partial charge in [-0.15, -0.1) is 0 Å². The van der Waals surface area contributed by atoms with Crippen molar-refractivity contribution < 1.29 is 4.79 Å². The van der Waals surface area contributed by atoms with E-state index in [9.17, 15) is 4.79 Å². The Kier molecular flexibility index (Phi) is 3.95. The third kappa shape index (κ3) is 3.57. The molecule has 0 fully saturated rings. The van der Waals surface area contributed by atoms with Crippen molar-refractivity contribution >= 4 is 23.3 Å². The molecule has 0 aliphatic rings. The lowest BCUT2D eigenvalue weighted by atomic mass is 10.1. The van der Waals surface area contributed by atoms with Gasteiger partial charge in [-0.3, -0.25) is 4.79 Å². The van der Waals surface area contributed by atoms with Gasteiger partial charge in [0.2, 0.25) is 5.91 Å². The third-order valence-electron chi connectivity index (χ3n) is 2.47. The highest BCUT2D eigenvalue weighted by Crippen LogP contribution is 2.12. The van der Waals surface area contributed by atoms with Gasteiger partial charge >= 0.3 is 0 Å². The first-order valence-electron chi connectivity index (χ1n) is 5.60. The van der Waals surface area contributed by atoms with Gasteiger partial charge in [-0.25, -0.2) is 4.98 Å². The van der Waals surface area contributed by atoms with Gasteiger partial charge in [-0.2, -0.15) is 0 Å². The summed E-state index contributed by atoms with van der Waals surface area (Å²) in [6, 6.07) is 11.1. The van der Waals surface area contributed by atoms with Crippen LogP contribution in [0.15, 0.2) is 42.6 Å². The Balaban J connectivity index is 1.98. The van der Waals surface area contributed by atoms with Crippen LogP contribution in [-0.4, -0.2) is 10.9 Å². The molecule has 0 radical (unpaired) electrons. The minimum atomic E-state index is -0.103. The lowest BCUT2D eigenvalue weighted by Crippen LogP contribution is -2.15. The van der Waals surface area contributed by atoms with E-state index >= 15 is 0 Å². The molecule has 1 aromatic carbocycles. The summed E-state index contributed by atoms with van der Waals surface area (Å²) in [5.41, 5.74) is 2.15. The van der Waals surface area contributed by atoms with E-state index in [1.807, 2.05) is 31.2 Å². The smallest absolute Gasteiger partial charge is 0.229 e. The Bertz CT molecular complexity index is 552. The summed E-state index contributed by atoms with van der Waals surface area (Å²) in [6.45, 7) is 2.01. The van der Waals surface area contributed by atoms with Crippen molar-refractivity contribution in [1.29, 1.82) is 0 Å². The number of nitrogens with zero attached hydrogens (tertiary/aromatic N) is 1. The predicted molar refractivity (Wildman–Crippen MR) is 72.8 cm³/mol. The first-order valence-corrected chi connectivity index (χ1v) is 5.98. The first kappa shape index (κ1) is 12.6. The molecule has 0 saturated heterocycles. The second-order valence-corrected chi connectivity index (χ2v) is 4.51. The van der Waals surface area contributed by atoms with Crippen LogP contribution in [0.2, 0.25) is 5.02 Å². The maximum absolute atomic E-state index is 11.8. The molecule has 1 amide bonds. The van der Waals surface area contributed by atoms with Gasteiger partial charge in [0.15, 0.2) is 0 Å². The van der Waals surface area contributed by atoms with Crippen LogP contribution in [-0.2, 0) is 11.2 Å². The van der Waals surface area contributed by atoms with Crippen molar-refractivity contribution in [2.24, 2.45) is 0 Å². The van der Waals surface area contributed by atoms with E-state index < -0.39 is 0 Å². The zero-order chi connectivity index (χ0) is 13.0. The van der Waals surface area contributed by atoms with Gasteiger partial charge in [-0.05, 0) is 24.6 Å². The minimum absolute atomic E-state index is 0.103. The second kappa shape index (κ2) is 5.65. The molecule has 0 saturated carbocycles. The minimum Gasteiger partial charge on any atom is -0.310 e. The van der Waals surface area contributed by atoms with Crippen LogP contribution in [0, 0.1) is 6.92 Å². The van der Waals surface area contributed by atoms with E-state index in [-0.39, 0.29) is 5.91 Å². The molecule has 92 valence electrons. The molecule has 0 bridgehead atoms. The average molecular weight is 261 g/mol. The number of anilines is 1. The molecule has 0 spiro atoms. The SMILES string of the molecule is Cc1ccc(CC(=O)Nc2cc(Cl)ccn2)cc1. The summed E-state index contributed by atoms with van der Waals surface area (Å²) in [7, 11) is 0. The van der Waals surface area contributed by atoms with Crippen LogP contribution < -0.4 is 5.32 Å². The maximum Gasteiger partial charge on any atom is 0.229 e.